The summed E-state index contributed by atoms with van der Waals surface area (Å²) in [6.07, 6.45) is 1.72. The van der Waals surface area contributed by atoms with Crippen molar-refractivity contribution in [2.45, 2.75) is 39.5 Å². The summed E-state index contributed by atoms with van der Waals surface area (Å²) in [6, 6.07) is 12.3. The van der Waals surface area contributed by atoms with Crippen molar-refractivity contribution < 1.29 is 18.7 Å². The molecule has 1 aromatic heterocycles. The van der Waals surface area contributed by atoms with Crippen LogP contribution in [0.5, 0.6) is 0 Å². The number of nitrogens with zero attached hydrogens (tertiary/aromatic N) is 1. The Morgan fingerprint density at radius 3 is 2.54 bits per heavy atom. The zero-order valence-electron chi connectivity index (χ0n) is 15.5. The summed E-state index contributed by atoms with van der Waals surface area (Å²) in [5.41, 5.74) is 0.893. The van der Waals surface area contributed by atoms with Crippen LogP contribution in [0.25, 0.3) is 0 Å². The minimum atomic E-state index is -0.650. The summed E-state index contributed by atoms with van der Waals surface area (Å²) in [5, 5.41) is 2.72. The Labute approximate surface area is 154 Å². The smallest absolute Gasteiger partial charge is 0.408 e. The van der Waals surface area contributed by atoms with Gasteiger partial charge in [0.25, 0.3) is 0 Å². The number of hydrogen-bond donors (Lipinski definition) is 1. The summed E-state index contributed by atoms with van der Waals surface area (Å²) in [4.78, 5) is 26.5. The number of hydrogen-bond acceptors (Lipinski definition) is 4. The molecule has 1 aromatic carbocycles. The van der Waals surface area contributed by atoms with Crippen LogP contribution >= 0.6 is 0 Å². The van der Waals surface area contributed by atoms with Crippen molar-refractivity contribution in [1.82, 2.24) is 10.2 Å². The number of amides is 2. The van der Waals surface area contributed by atoms with Gasteiger partial charge in [0.05, 0.1) is 12.8 Å². The van der Waals surface area contributed by atoms with E-state index in [0.29, 0.717) is 12.3 Å². The molecule has 6 heteroatoms. The second-order valence-electron chi connectivity index (χ2n) is 6.34. The third-order valence-electron chi connectivity index (χ3n) is 4.31. The average Bonchev–Trinajstić information content (AvgIpc) is 3.17. The van der Waals surface area contributed by atoms with Gasteiger partial charge < -0.3 is 19.4 Å². The molecule has 2 aromatic rings. The zero-order valence-corrected chi connectivity index (χ0v) is 15.5. The number of furan rings is 1. The molecule has 0 aliphatic heterocycles. The van der Waals surface area contributed by atoms with Crippen molar-refractivity contribution in [3.63, 3.8) is 0 Å². The molecular formula is C20H26N2O4. The number of likely N-dealkylation sites (N-methyl/N-ethyl adjacent to an activating group) is 1. The Balaban J connectivity index is 1.94. The number of carbonyl (C=O) groups is 2. The molecule has 0 fully saturated rings. The first kappa shape index (κ1) is 19.6. The standard InChI is InChI=1S/C20H26N2O4/c1-4-15(2)18(19(23)22(3)13-17-11-8-12-25-17)21-20(24)26-14-16-9-6-5-7-10-16/h5-12,15,18H,4,13-14H2,1-3H3,(H,21,24). The normalized spacial score (nSPS) is 12.9. The molecule has 1 N–H and O–H groups in total. The van der Waals surface area contributed by atoms with Gasteiger partial charge in [-0.2, -0.15) is 0 Å². The van der Waals surface area contributed by atoms with E-state index in [-0.39, 0.29) is 18.4 Å². The summed E-state index contributed by atoms with van der Waals surface area (Å²) >= 11 is 0. The number of alkyl carbamates (subject to hydrolysis) is 1. The minimum absolute atomic E-state index is 0.0224. The van der Waals surface area contributed by atoms with Crippen LogP contribution in [0.15, 0.2) is 53.1 Å². The van der Waals surface area contributed by atoms with Gasteiger partial charge in [-0.15, -0.1) is 0 Å². The predicted molar refractivity (Wildman–Crippen MR) is 98.2 cm³/mol. The lowest BCUT2D eigenvalue weighted by Gasteiger charge is -2.27. The van der Waals surface area contributed by atoms with Crippen molar-refractivity contribution >= 4 is 12.0 Å². The summed E-state index contributed by atoms with van der Waals surface area (Å²) in [6.45, 7) is 4.42. The SMILES string of the molecule is CCC(C)C(NC(=O)OCc1ccccc1)C(=O)N(C)Cc1ccco1. The highest BCUT2D eigenvalue weighted by Gasteiger charge is 2.29. The fourth-order valence-electron chi connectivity index (χ4n) is 2.53. The van der Waals surface area contributed by atoms with Crippen LogP contribution in [0, 0.1) is 5.92 Å². The highest BCUT2D eigenvalue weighted by molar-refractivity contribution is 5.85. The van der Waals surface area contributed by atoms with Gasteiger partial charge in [0.15, 0.2) is 0 Å². The van der Waals surface area contributed by atoms with Gasteiger partial charge in [-0.25, -0.2) is 4.79 Å². The van der Waals surface area contributed by atoms with E-state index in [1.165, 1.54) is 0 Å². The molecule has 2 atom stereocenters. The van der Waals surface area contributed by atoms with Gasteiger partial charge in [0.2, 0.25) is 5.91 Å². The minimum Gasteiger partial charge on any atom is -0.467 e. The Kier molecular flexibility index (Phi) is 7.26. The summed E-state index contributed by atoms with van der Waals surface area (Å²) < 4.78 is 10.5. The largest absolute Gasteiger partial charge is 0.467 e. The first-order valence-corrected chi connectivity index (χ1v) is 8.75. The molecule has 0 radical (unpaired) electrons. The third kappa shape index (κ3) is 5.65. The molecule has 6 nitrogen and oxygen atoms in total. The number of ether oxygens (including phenoxy) is 1. The van der Waals surface area contributed by atoms with E-state index in [9.17, 15) is 9.59 Å². The van der Waals surface area contributed by atoms with Crippen LogP contribution in [-0.2, 0) is 22.7 Å². The van der Waals surface area contributed by atoms with Crippen LogP contribution in [0.2, 0.25) is 0 Å². The molecular weight excluding hydrogens is 332 g/mol. The Morgan fingerprint density at radius 1 is 1.19 bits per heavy atom. The fourth-order valence-corrected chi connectivity index (χ4v) is 2.53. The van der Waals surface area contributed by atoms with Crippen LogP contribution in [0.1, 0.15) is 31.6 Å². The first-order valence-electron chi connectivity index (χ1n) is 8.75. The maximum Gasteiger partial charge on any atom is 0.408 e. The Bertz CT molecular complexity index is 685. The molecule has 0 saturated carbocycles. The van der Waals surface area contributed by atoms with Gasteiger partial charge in [-0.3, -0.25) is 4.79 Å². The molecule has 2 rings (SSSR count). The molecule has 2 unspecified atom stereocenters. The Morgan fingerprint density at radius 2 is 1.92 bits per heavy atom. The average molecular weight is 358 g/mol. The van der Waals surface area contributed by atoms with E-state index in [2.05, 4.69) is 5.32 Å². The highest BCUT2D eigenvalue weighted by atomic mass is 16.5. The molecule has 1 heterocycles. The van der Waals surface area contributed by atoms with E-state index < -0.39 is 12.1 Å². The van der Waals surface area contributed by atoms with Crippen LogP contribution in [0.3, 0.4) is 0 Å². The lowest BCUT2D eigenvalue weighted by Crippen LogP contribution is -2.50. The van der Waals surface area contributed by atoms with Gasteiger partial charge in [0, 0.05) is 7.05 Å². The second kappa shape index (κ2) is 9.65. The second-order valence-corrected chi connectivity index (χ2v) is 6.34. The van der Waals surface area contributed by atoms with Gasteiger partial charge in [-0.05, 0) is 23.6 Å². The summed E-state index contributed by atoms with van der Waals surface area (Å²) in [5.74, 6) is 0.494. The van der Waals surface area contributed by atoms with E-state index in [4.69, 9.17) is 9.15 Å². The molecule has 0 spiro atoms. The quantitative estimate of drug-likeness (QED) is 0.783. The van der Waals surface area contributed by atoms with E-state index in [1.807, 2.05) is 50.2 Å². The van der Waals surface area contributed by atoms with Crippen molar-refractivity contribution in [3.8, 4) is 0 Å². The van der Waals surface area contributed by atoms with E-state index in [1.54, 1.807) is 24.3 Å². The van der Waals surface area contributed by atoms with Crippen molar-refractivity contribution in [2.75, 3.05) is 7.05 Å². The number of nitrogens with one attached hydrogen (secondary N) is 1. The number of rotatable bonds is 8. The fraction of sp³-hybridized carbons (Fsp3) is 0.400. The van der Waals surface area contributed by atoms with E-state index >= 15 is 0 Å². The van der Waals surface area contributed by atoms with Gasteiger partial charge in [0.1, 0.15) is 18.4 Å². The van der Waals surface area contributed by atoms with Gasteiger partial charge >= 0.3 is 6.09 Å². The maximum absolute atomic E-state index is 12.8. The number of benzene rings is 1. The molecule has 26 heavy (non-hydrogen) atoms. The predicted octanol–water partition coefficient (Wildman–Crippen LogP) is 3.58. The van der Waals surface area contributed by atoms with Crippen LogP contribution in [0.4, 0.5) is 4.79 Å². The highest BCUT2D eigenvalue weighted by Crippen LogP contribution is 2.13. The number of carbonyl (C=O) groups excluding carboxylic acids is 2. The maximum atomic E-state index is 12.8. The Hall–Kier alpha value is -2.76. The van der Waals surface area contributed by atoms with Crippen LogP contribution in [-0.4, -0.2) is 30.0 Å². The summed E-state index contributed by atoms with van der Waals surface area (Å²) in [7, 11) is 1.69. The topological polar surface area (TPSA) is 71.8 Å². The molecule has 2 amide bonds. The third-order valence-corrected chi connectivity index (χ3v) is 4.31. The van der Waals surface area contributed by atoms with E-state index in [0.717, 1.165) is 12.0 Å². The first-order chi connectivity index (χ1) is 12.5. The zero-order chi connectivity index (χ0) is 18.9. The lowest BCUT2D eigenvalue weighted by atomic mass is 9.98. The molecule has 140 valence electrons. The molecule has 0 saturated heterocycles. The van der Waals surface area contributed by atoms with Crippen molar-refractivity contribution in [1.29, 1.82) is 0 Å². The lowest BCUT2D eigenvalue weighted by molar-refractivity contribution is -0.134. The van der Waals surface area contributed by atoms with Crippen molar-refractivity contribution in [3.05, 3.63) is 60.1 Å². The monoisotopic (exact) mass is 358 g/mol. The molecule has 0 aliphatic rings. The molecule has 0 aliphatic carbocycles. The van der Waals surface area contributed by atoms with Gasteiger partial charge in [-0.1, -0.05) is 50.6 Å². The van der Waals surface area contributed by atoms with Crippen LogP contribution < -0.4 is 5.32 Å². The van der Waals surface area contributed by atoms with Crippen molar-refractivity contribution in [2.24, 2.45) is 5.92 Å². The molecule has 0 bridgehead atoms.